The minimum atomic E-state index is 0.0427. The quantitative estimate of drug-likeness (QED) is 0.515. The normalized spacial score (nSPS) is 22.1. The van der Waals surface area contributed by atoms with Gasteiger partial charge in [-0.25, -0.2) is 0 Å². The number of rotatable bonds is 5. The van der Waals surface area contributed by atoms with Gasteiger partial charge in [0.25, 0.3) is 0 Å². The number of carbonyl (C=O) groups is 1. The lowest BCUT2D eigenvalue weighted by atomic mass is 9.83. The van der Waals surface area contributed by atoms with Gasteiger partial charge in [0.2, 0.25) is 0 Å². The van der Waals surface area contributed by atoms with E-state index >= 15 is 0 Å². The zero-order chi connectivity index (χ0) is 15.0. The largest absolute Gasteiger partial charge is 0.289 e. The first-order valence-corrected chi connectivity index (χ1v) is 6.53. The molecule has 20 heavy (non-hydrogen) atoms. The lowest BCUT2D eigenvalue weighted by Gasteiger charge is -2.19. The maximum atomic E-state index is 12.5. The monoisotopic (exact) mass is 264 g/mol. The zero-order valence-corrected chi connectivity index (χ0v) is 11.8. The van der Waals surface area contributed by atoms with Crippen molar-refractivity contribution in [3.8, 4) is 0 Å². The van der Waals surface area contributed by atoms with Crippen molar-refractivity contribution in [3.05, 3.63) is 97.2 Å². The van der Waals surface area contributed by atoms with Crippen molar-refractivity contribution in [2.45, 2.75) is 12.8 Å². The molecule has 0 amide bonds. The summed E-state index contributed by atoms with van der Waals surface area (Å²) in [5, 5.41) is 0. The first kappa shape index (κ1) is 15.6. The summed E-state index contributed by atoms with van der Waals surface area (Å²) >= 11 is 0. The molecular weight excluding hydrogens is 244 g/mol. The summed E-state index contributed by atoms with van der Waals surface area (Å²) < 4.78 is 0. The molecule has 1 rings (SSSR count). The molecule has 1 aliphatic rings. The average Bonchev–Trinajstić information content (AvgIpc) is 2.45. The van der Waals surface area contributed by atoms with Crippen LogP contribution in [0.25, 0.3) is 0 Å². The molecule has 102 valence electrons. The van der Waals surface area contributed by atoms with Gasteiger partial charge in [-0.2, -0.15) is 0 Å². The van der Waals surface area contributed by atoms with Crippen LogP contribution >= 0.6 is 0 Å². The van der Waals surface area contributed by atoms with Gasteiger partial charge in [0.1, 0.15) is 0 Å². The third-order valence-electron chi connectivity index (χ3n) is 3.04. The summed E-state index contributed by atoms with van der Waals surface area (Å²) in [6.45, 7) is 14.8. The van der Waals surface area contributed by atoms with Crippen molar-refractivity contribution in [2.24, 2.45) is 0 Å². The molecule has 1 heteroatoms. The van der Waals surface area contributed by atoms with Crippen LogP contribution < -0.4 is 0 Å². The number of carbonyl (C=O) groups excluding carboxylic acids is 1. The van der Waals surface area contributed by atoms with Gasteiger partial charge in [0.15, 0.2) is 5.78 Å². The van der Waals surface area contributed by atoms with E-state index in [1.165, 1.54) is 0 Å². The molecule has 0 aromatic carbocycles. The summed E-state index contributed by atoms with van der Waals surface area (Å²) in [6.07, 6.45) is 15.6. The first-order chi connectivity index (χ1) is 9.67. The van der Waals surface area contributed by atoms with Crippen molar-refractivity contribution in [1.82, 2.24) is 0 Å². The Bertz CT molecular complexity index is 563. The van der Waals surface area contributed by atoms with Crippen LogP contribution in [0.4, 0.5) is 0 Å². The second kappa shape index (κ2) is 7.90. The molecule has 0 heterocycles. The Labute approximate surface area is 121 Å². The highest BCUT2D eigenvalue weighted by Crippen LogP contribution is 2.30. The molecule has 0 atom stereocenters. The van der Waals surface area contributed by atoms with Crippen LogP contribution in [0.3, 0.4) is 0 Å². The van der Waals surface area contributed by atoms with Crippen molar-refractivity contribution in [3.63, 3.8) is 0 Å². The van der Waals surface area contributed by atoms with E-state index in [0.29, 0.717) is 5.57 Å². The van der Waals surface area contributed by atoms with Gasteiger partial charge in [-0.1, -0.05) is 68.8 Å². The molecule has 1 fully saturated rings. The predicted molar refractivity (Wildman–Crippen MR) is 87.4 cm³/mol. The third kappa shape index (κ3) is 3.79. The lowest BCUT2D eigenvalue weighted by Crippen LogP contribution is -2.15. The van der Waals surface area contributed by atoms with E-state index in [4.69, 9.17) is 0 Å². The Balaban J connectivity index is 3.21. The van der Waals surface area contributed by atoms with Crippen LogP contribution in [0.1, 0.15) is 12.8 Å². The van der Waals surface area contributed by atoms with E-state index < -0.39 is 0 Å². The molecule has 0 bridgehead atoms. The lowest BCUT2D eigenvalue weighted by molar-refractivity contribution is -0.112. The van der Waals surface area contributed by atoms with Gasteiger partial charge in [0, 0.05) is 11.1 Å². The fourth-order valence-corrected chi connectivity index (χ4v) is 2.10. The third-order valence-corrected chi connectivity index (χ3v) is 3.04. The molecule has 1 aliphatic carbocycles. The van der Waals surface area contributed by atoms with Gasteiger partial charge < -0.3 is 0 Å². The predicted octanol–water partition coefficient (Wildman–Crippen LogP) is 4.80. The molecule has 0 unspecified atom stereocenters. The number of hydrogen-bond donors (Lipinski definition) is 0. The fraction of sp³-hybridized carbons (Fsp3) is 0.105. The Hall–Kier alpha value is -2.41. The van der Waals surface area contributed by atoms with Crippen molar-refractivity contribution in [1.29, 1.82) is 0 Å². The Morgan fingerprint density at radius 1 is 0.900 bits per heavy atom. The van der Waals surface area contributed by atoms with Gasteiger partial charge in [-0.05, 0) is 30.1 Å². The number of hydrogen-bond acceptors (Lipinski definition) is 1. The van der Waals surface area contributed by atoms with Crippen molar-refractivity contribution >= 4 is 5.78 Å². The van der Waals surface area contributed by atoms with Crippen molar-refractivity contribution < 1.29 is 4.79 Å². The topological polar surface area (TPSA) is 17.1 Å². The zero-order valence-electron chi connectivity index (χ0n) is 11.8. The van der Waals surface area contributed by atoms with Crippen LogP contribution in [0, 0.1) is 0 Å². The highest BCUT2D eigenvalue weighted by Gasteiger charge is 2.23. The maximum absolute atomic E-state index is 12.5. The maximum Gasteiger partial charge on any atom is 0.189 e. The van der Waals surface area contributed by atoms with E-state index in [1.807, 2.05) is 18.2 Å². The van der Waals surface area contributed by atoms with Gasteiger partial charge in [0.05, 0.1) is 0 Å². The Morgan fingerprint density at radius 2 is 1.55 bits per heavy atom. The van der Waals surface area contributed by atoms with Crippen LogP contribution in [-0.2, 0) is 4.79 Å². The minimum absolute atomic E-state index is 0.0427. The summed E-state index contributed by atoms with van der Waals surface area (Å²) in [7, 11) is 0. The molecule has 0 N–H and O–H groups in total. The fourth-order valence-electron chi connectivity index (χ4n) is 2.10. The van der Waals surface area contributed by atoms with Gasteiger partial charge >= 0.3 is 0 Å². The molecular formula is C19H20O. The summed E-state index contributed by atoms with van der Waals surface area (Å²) in [6, 6.07) is 0. The molecule has 0 aromatic rings. The molecule has 0 saturated heterocycles. The van der Waals surface area contributed by atoms with Crippen LogP contribution in [0.2, 0.25) is 0 Å². The van der Waals surface area contributed by atoms with E-state index in [0.717, 1.165) is 29.6 Å². The molecule has 0 aromatic heterocycles. The van der Waals surface area contributed by atoms with E-state index in [-0.39, 0.29) is 5.78 Å². The SMILES string of the molecule is C=C/C=C1/CC/C(=C\C(C=C)=C\C=C)C(=O)/C1=C/C=C. The van der Waals surface area contributed by atoms with Crippen molar-refractivity contribution in [2.75, 3.05) is 0 Å². The standard InChI is InChI=1S/C19H20O/c1-5-9-15(8-4)14-17-13-12-16(10-6-2)18(11-7-3)19(17)20/h5-11,14H,1-4,12-13H2/b15-9+,16-10-,17-14+,18-11+. The molecule has 0 spiro atoms. The highest BCUT2D eigenvalue weighted by molar-refractivity contribution is 6.12. The second-order valence-corrected chi connectivity index (χ2v) is 4.35. The first-order valence-electron chi connectivity index (χ1n) is 6.53. The van der Waals surface area contributed by atoms with Crippen LogP contribution in [0.5, 0.6) is 0 Å². The molecule has 0 radical (unpaired) electrons. The number of allylic oxidation sites excluding steroid dienone is 12. The summed E-state index contributed by atoms with van der Waals surface area (Å²) in [5.41, 5.74) is 3.37. The Morgan fingerprint density at radius 3 is 2.10 bits per heavy atom. The molecule has 1 nitrogen and oxygen atoms in total. The summed E-state index contributed by atoms with van der Waals surface area (Å²) in [5.74, 6) is 0.0427. The van der Waals surface area contributed by atoms with Crippen LogP contribution in [-0.4, -0.2) is 5.78 Å². The second-order valence-electron chi connectivity index (χ2n) is 4.35. The van der Waals surface area contributed by atoms with E-state index in [2.05, 4.69) is 26.3 Å². The molecule has 1 saturated carbocycles. The molecule has 0 aliphatic heterocycles. The van der Waals surface area contributed by atoms with Gasteiger partial charge in [-0.3, -0.25) is 4.79 Å². The smallest absolute Gasteiger partial charge is 0.189 e. The minimum Gasteiger partial charge on any atom is -0.289 e. The summed E-state index contributed by atoms with van der Waals surface area (Å²) in [4.78, 5) is 12.5. The number of ketones is 1. The van der Waals surface area contributed by atoms with Gasteiger partial charge in [-0.15, -0.1) is 0 Å². The Kier molecular flexibility index (Phi) is 6.18. The average molecular weight is 264 g/mol. The van der Waals surface area contributed by atoms with Crippen LogP contribution in [0.15, 0.2) is 97.2 Å². The van der Waals surface area contributed by atoms with E-state index in [1.54, 1.807) is 30.4 Å². The number of Topliss-reactive ketones (excluding diaryl/α,β-unsaturated/α-hetero) is 1. The van der Waals surface area contributed by atoms with E-state index in [9.17, 15) is 4.79 Å². The highest BCUT2D eigenvalue weighted by atomic mass is 16.1.